The first-order valence-electron chi connectivity index (χ1n) is 10.7. The van der Waals surface area contributed by atoms with Crippen LogP contribution in [-0.4, -0.2) is 0 Å². The second-order valence-electron chi connectivity index (χ2n) is 7.81. The first kappa shape index (κ1) is 18.4. The van der Waals surface area contributed by atoms with Crippen LogP contribution in [0.15, 0.2) is 109 Å². The predicted molar refractivity (Wildman–Crippen MR) is 130 cm³/mol. The predicted octanol–water partition coefficient (Wildman–Crippen LogP) is 8.28. The van der Waals surface area contributed by atoms with Gasteiger partial charge in [-0.3, -0.25) is 0 Å². The van der Waals surface area contributed by atoms with Crippen molar-refractivity contribution in [3.05, 3.63) is 120 Å². The molecule has 1 N–H and O–H groups in total. The molecule has 1 unspecified atom stereocenters. The molecule has 0 bridgehead atoms. The minimum absolute atomic E-state index is 0.404. The van der Waals surface area contributed by atoms with E-state index in [4.69, 9.17) is 0 Å². The second-order valence-corrected chi connectivity index (χ2v) is 7.81. The Morgan fingerprint density at radius 1 is 0.600 bits per heavy atom. The van der Waals surface area contributed by atoms with E-state index in [1.165, 1.54) is 32.7 Å². The maximum absolute atomic E-state index is 3.71. The fourth-order valence-corrected chi connectivity index (χ4v) is 4.50. The van der Waals surface area contributed by atoms with Crippen LogP contribution in [0.2, 0.25) is 0 Å². The Kier molecular flexibility index (Phi) is 4.94. The van der Waals surface area contributed by atoms with Gasteiger partial charge in [0.1, 0.15) is 0 Å². The average molecular weight is 388 g/mol. The summed E-state index contributed by atoms with van der Waals surface area (Å²) in [4.78, 5) is 0. The number of rotatable bonds is 5. The van der Waals surface area contributed by atoms with Gasteiger partial charge in [0.25, 0.3) is 0 Å². The molecule has 0 radical (unpaired) electrons. The van der Waals surface area contributed by atoms with Crippen LogP contribution in [0.3, 0.4) is 0 Å². The van der Waals surface area contributed by atoms with Crippen molar-refractivity contribution in [1.29, 1.82) is 0 Å². The van der Waals surface area contributed by atoms with E-state index in [0.717, 1.165) is 17.8 Å². The zero-order chi connectivity index (χ0) is 20.3. The van der Waals surface area contributed by atoms with Gasteiger partial charge in [0, 0.05) is 22.7 Å². The highest BCUT2D eigenvalue weighted by Crippen LogP contribution is 2.35. The Morgan fingerprint density at radius 2 is 1.27 bits per heavy atom. The smallest absolute Gasteiger partial charge is 0.0470 e. The molecule has 5 rings (SSSR count). The molecule has 0 amide bonds. The molecule has 1 atom stereocenters. The van der Waals surface area contributed by atoms with E-state index < -0.39 is 0 Å². The highest BCUT2D eigenvalue weighted by Gasteiger charge is 2.13. The molecule has 0 aromatic heterocycles. The van der Waals surface area contributed by atoms with Crippen LogP contribution in [0.25, 0.3) is 21.5 Å². The van der Waals surface area contributed by atoms with E-state index in [1.807, 2.05) is 0 Å². The molecule has 0 spiro atoms. The molecule has 0 aliphatic carbocycles. The summed E-state index contributed by atoms with van der Waals surface area (Å²) in [6, 6.07) is 39.2. The van der Waals surface area contributed by atoms with Gasteiger partial charge in [0.05, 0.1) is 0 Å². The van der Waals surface area contributed by atoms with Gasteiger partial charge < -0.3 is 5.32 Å². The molecule has 1 nitrogen and oxygen atoms in total. The van der Waals surface area contributed by atoms with Crippen LogP contribution in [-0.2, 0) is 0 Å². The standard InChI is InChI=1S/C29H25N/c1-2-25(21-11-4-3-5-12-21)22-14-10-15-24(19-22)30-29-20-23-13-6-7-16-26(23)27-17-8-9-18-28(27)29/h3-20,25,30H,2H2,1H3. The van der Waals surface area contributed by atoms with Crippen molar-refractivity contribution in [2.45, 2.75) is 19.3 Å². The SMILES string of the molecule is CCC(c1ccccc1)c1cccc(Nc2cc3ccccc3c3ccccc23)c1. The lowest BCUT2D eigenvalue weighted by atomic mass is 9.89. The summed E-state index contributed by atoms with van der Waals surface area (Å²) in [6.07, 6.45) is 1.08. The maximum atomic E-state index is 3.71. The molecular formula is C29H25N. The Balaban J connectivity index is 1.56. The molecule has 146 valence electrons. The molecule has 1 heteroatoms. The summed E-state index contributed by atoms with van der Waals surface area (Å²) < 4.78 is 0. The zero-order valence-corrected chi connectivity index (χ0v) is 17.2. The Morgan fingerprint density at radius 3 is 2.07 bits per heavy atom. The van der Waals surface area contributed by atoms with E-state index in [0.29, 0.717) is 5.92 Å². The third-order valence-corrected chi connectivity index (χ3v) is 5.95. The number of benzene rings is 5. The van der Waals surface area contributed by atoms with Gasteiger partial charge in [-0.05, 0) is 51.9 Å². The highest BCUT2D eigenvalue weighted by molar-refractivity contribution is 6.13. The zero-order valence-electron chi connectivity index (χ0n) is 17.2. The first-order chi connectivity index (χ1) is 14.8. The summed E-state index contributed by atoms with van der Waals surface area (Å²) >= 11 is 0. The van der Waals surface area contributed by atoms with Crippen LogP contribution in [0.1, 0.15) is 30.4 Å². The molecule has 0 saturated carbocycles. The van der Waals surface area contributed by atoms with Crippen LogP contribution in [0, 0.1) is 0 Å². The van der Waals surface area contributed by atoms with E-state index in [-0.39, 0.29) is 0 Å². The number of hydrogen-bond donors (Lipinski definition) is 1. The minimum atomic E-state index is 0.404. The van der Waals surface area contributed by atoms with Crippen molar-refractivity contribution >= 4 is 32.9 Å². The summed E-state index contributed by atoms with van der Waals surface area (Å²) in [5, 5.41) is 8.79. The van der Waals surface area contributed by atoms with E-state index in [2.05, 4.69) is 121 Å². The molecule has 30 heavy (non-hydrogen) atoms. The van der Waals surface area contributed by atoms with Gasteiger partial charge >= 0.3 is 0 Å². The van der Waals surface area contributed by atoms with Gasteiger partial charge in [-0.2, -0.15) is 0 Å². The van der Waals surface area contributed by atoms with E-state index in [9.17, 15) is 0 Å². The lowest BCUT2D eigenvalue weighted by molar-refractivity contribution is 0.778. The number of anilines is 2. The van der Waals surface area contributed by atoms with Crippen molar-refractivity contribution < 1.29 is 0 Å². The van der Waals surface area contributed by atoms with Gasteiger partial charge in [-0.1, -0.05) is 97.9 Å². The minimum Gasteiger partial charge on any atom is -0.355 e. The van der Waals surface area contributed by atoms with Crippen molar-refractivity contribution in [2.75, 3.05) is 5.32 Å². The topological polar surface area (TPSA) is 12.0 Å². The Labute approximate surface area is 178 Å². The number of hydrogen-bond acceptors (Lipinski definition) is 1. The Hall–Kier alpha value is -3.58. The number of fused-ring (bicyclic) bond motifs is 3. The molecule has 0 aliphatic rings. The van der Waals surface area contributed by atoms with Crippen LogP contribution >= 0.6 is 0 Å². The molecule has 0 aliphatic heterocycles. The second kappa shape index (κ2) is 8.04. The fourth-order valence-electron chi connectivity index (χ4n) is 4.50. The Bertz CT molecular complexity index is 1300. The summed E-state index contributed by atoms with van der Waals surface area (Å²) in [5.74, 6) is 0.404. The van der Waals surface area contributed by atoms with Crippen LogP contribution < -0.4 is 5.32 Å². The molecule has 0 heterocycles. The van der Waals surface area contributed by atoms with E-state index in [1.54, 1.807) is 0 Å². The van der Waals surface area contributed by atoms with Crippen molar-refractivity contribution in [1.82, 2.24) is 0 Å². The lowest BCUT2D eigenvalue weighted by Crippen LogP contribution is -2.01. The van der Waals surface area contributed by atoms with Crippen LogP contribution in [0.5, 0.6) is 0 Å². The lowest BCUT2D eigenvalue weighted by Gasteiger charge is -2.18. The normalized spacial score (nSPS) is 12.2. The van der Waals surface area contributed by atoms with E-state index >= 15 is 0 Å². The third kappa shape index (κ3) is 3.44. The number of nitrogens with one attached hydrogen (secondary N) is 1. The summed E-state index contributed by atoms with van der Waals surface area (Å²) in [6.45, 7) is 2.26. The molecule has 5 aromatic carbocycles. The van der Waals surface area contributed by atoms with Crippen molar-refractivity contribution in [2.24, 2.45) is 0 Å². The first-order valence-corrected chi connectivity index (χ1v) is 10.7. The largest absolute Gasteiger partial charge is 0.355 e. The molecular weight excluding hydrogens is 362 g/mol. The monoisotopic (exact) mass is 387 g/mol. The van der Waals surface area contributed by atoms with Gasteiger partial charge in [0.15, 0.2) is 0 Å². The molecule has 0 saturated heterocycles. The van der Waals surface area contributed by atoms with Crippen molar-refractivity contribution in [3.8, 4) is 0 Å². The average Bonchev–Trinajstić information content (AvgIpc) is 2.81. The highest BCUT2D eigenvalue weighted by atomic mass is 14.9. The summed E-state index contributed by atoms with van der Waals surface area (Å²) in [7, 11) is 0. The van der Waals surface area contributed by atoms with Gasteiger partial charge in [-0.25, -0.2) is 0 Å². The van der Waals surface area contributed by atoms with Gasteiger partial charge in [-0.15, -0.1) is 0 Å². The van der Waals surface area contributed by atoms with Gasteiger partial charge in [0.2, 0.25) is 0 Å². The van der Waals surface area contributed by atoms with Crippen molar-refractivity contribution in [3.63, 3.8) is 0 Å². The molecule has 5 aromatic rings. The molecule has 0 fully saturated rings. The van der Waals surface area contributed by atoms with Crippen LogP contribution in [0.4, 0.5) is 11.4 Å². The quantitative estimate of drug-likeness (QED) is 0.299. The summed E-state index contributed by atoms with van der Waals surface area (Å²) in [5.41, 5.74) is 4.99. The maximum Gasteiger partial charge on any atom is 0.0470 e. The fraction of sp³-hybridized carbons (Fsp3) is 0.103. The third-order valence-electron chi connectivity index (χ3n) is 5.95.